The van der Waals surface area contributed by atoms with Gasteiger partial charge in [0.1, 0.15) is 5.82 Å². The zero-order chi connectivity index (χ0) is 30.3. The topological polar surface area (TPSA) is 101 Å². The van der Waals surface area contributed by atoms with Crippen molar-refractivity contribution in [1.82, 2.24) is 14.7 Å². The molecule has 3 atom stereocenters. The molecule has 2 saturated heterocycles. The second-order valence-corrected chi connectivity index (χ2v) is 9.68. The fraction of sp³-hybridized carbons (Fsp3) is 0.625. The number of carboxylic acid groups (broad SMARTS) is 2. The van der Waals surface area contributed by atoms with E-state index in [0.29, 0.717) is 29.6 Å². The average Bonchev–Trinajstić information content (AvgIpc) is 3.14. The summed E-state index contributed by atoms with van der Waals surface area (Å²) in [6.45, 7) is 7.15. The molecule has 0 bridgehead atoms. The highest BCUT2D eigenvalue weighted by atomic mass is 19.4. The Bertz CT molecular complexity index is 962. The van der Waals surface area contributed by atoms with E-state index in [1.165, 1.54) is 12.1 Å². The third-order valence-corrected chi connectivity index (χ3v) is 6.09. The molecule has 3 rings (SSSR count). The Balaban J connectivity index is 0.000000449. The van der Waals surface area contributed by atoms with E-state index in [2.05, 4.69) is 37.7 Å². The second-order valence-electron chi connectivity index (χ2n) is 9.68. The molecule has 39 heavy (non-hydrogen) atoms. The van der Waals surface area contributed by atoms with Crippen LogP contribution in [-0.2, 0) is 9.59 Å². The summed E-state index contributed by atoms with van der Waals surface area (Å²) in [4.78, 5) is 37.4. The minimum Gasteiger partial charge on any atom is -0.475 e. The largest absolute Gasteiger partial charge is 0.490 e. The molecule has 2 heterocycles. The molecule has 2 aliphatic heterocycles. The molecule has 15 heteroatoms. The van der Waals surface area contributed by atoms with Crippen LogP contribution in [0.2, 0.25) is 0 Å². The summed E-state index contributed by atoms with van der Waals surface area (Å²) in [6, 6.07) is 7.67. The van der Waals surface area contributed by atoms with Crippen LogP contribution in [0.25, 0.3) is 0 Å². The molecule has 0 radical (unpaired) electrons. The molecule has 2 N–H and O–H groups in total. The van der Waals surface area contributed by atoms with Gasteiger partial charge in [0.2, 0.25) is 0 Å². The number of alkyl halides is 6. The molecular formula is C24H32F7N3O5. The number of nitrogens with zero attached hydrogens (tertiary/aromatic N) is 3. The highest BCUT2D eigenvalue weighted by Gasteiger charge is 2.45. The molecule has 0 spiro atoms. The van der Waals surface area contributed by atoms with Crippen molar-refractivity contribution in [1.29, 1.82) is 0 Å². The second kappa shape index (κ2) is 13.9. The third kappa shape index (κ3) is 10.6. The van der Waals surface area contributed by atoms with Crippen LogP contribution in [0.1, 0.15) is 37.0 Å². The maximum atomic E-state index is 13.4. The van der Waals surface area contributed by atoms with Crippen molar-refractivity contribution in [3.63, 3.8) is 0 Å². The van der Waals surface area contributed by atoms with Crippen molar-refractivity contribution in [2.45, 2.75) is 57.2 Å². The van der Waals surface area contributed by atoms with Gasteiger partial charge in [0.15, 0.2) is 0 Å². The number of carbonyl (C=O) groups is 3. The normalized spacial score (nSPS) is 21.5. The molecule has 1 aromatic rings. The Hall–Kier alpha value is -2.94. The van der Waals surface area contributed by atoms with E-state index in [-0.39, 0.29) is 11.7 Å². The SMILES string of the molecule is CC(C)N1[C@H](CN(C)C)C[C@@H]2CN(C(=O)c3cccc(F)c3)CC[C@@H]21.O=C(O)C(F)(F)F.O=C(O)C(F)(F)F. The molecule has 8 nitrogen and oxygen atoms in total. The van der Waals surface area contributed by atoms with Gasteiger partial charge in [-0.1, -0.05) is 6.07 Å². The summed E-state index contributed by atoms with van der Waals surface area (Å²) in [5, 5.41) is 14.2. The minimum atomic E-state index is -5.08. The van der Waals surface area contributed by atoms with Crippen molar-refractivity contribution in [2.24, 2.45) is 5.92 Å². The summed E-state index contributed by atoms with van der Waals surface area (Å²) >= 11 is 0. The Morgan fingerprint density at radius 2 is 1.54 bits per heavy atom. The number of likely N-dealkylation sites (N-methyl/N-ethyl adjacent to an activating group) is 1. The quantitative estimate of drug-likeness (QED) is 0.524. The van der Waals surface area contributed by atoms with Crippen molar-refractivity contribution in [2.75, 3.05) is 33.7 Å². The number of halogens is 7. The summed E-state index contributed by atoms with van der Waals surface area (Å²) in [5.41, 5.74) is 0.460. The number of hydrogen-bond acceptors (Lipinski definition) is 5. The average molecular weight is 576 g/mol. The number of rotatable bonds is 4. The summed E-state index contributed by atoms with van der Waals surface area (Å²) < 4.78 is 76.9. The Labute approximate surface area is 221 Å². The predicted octanol–water partition coefficient (Wildman–Crippen LogP) is 3.97. The van der Waals surface area contributed by atoms with E-state index < -0.39 is 24.3 Å². The molecule has 2 fully saturated rings. The van der Waals surface area contributed by atoms with Gasteiger partial charge in [0.05, 0.1) is 0 Å². The number of amides is 1. The van der Waals surface area contributed by atoms with Crippen LogP contribution < -0.4 is 0 Å². The molecule has 222 valence electrons. The van der Waals surface area contributed by atoms with Crippen molar-refractivity contribution >= 4 is 17.8 Å². The lowest BCUT2D eigenvalue weighted by atomic mass is 9.91. The van der Waals surface area contributed by atoms with Crippen molar-refractivity contribution in [3.05, 3.63) is 35.6 Å². The van der Waals surface area contributed by atoms with Gasteiger partial charge in [-0.2, -0.15) is 26.3 Å². The Morgan fingerprint density at radius 1 is 1.03 bits per heavy atom. The Kier molecular flexibility index (Phi) is 12.2. The highest BCUT2D eigenvalue weighted by Crippen LogP contribution is 2.37. The maximum Gasteiger partial charge on any atom is 0.490 e. The van der Waals surface area contributed by atoms with E-state index in [1.54, 1.807) is 12.1 Å². The van der Waals surface area contributed by atoms with Gasteiger partial charge in [-0.05, 0) is 64.9 Å². The van der Waals surface area contributed by atoms with E-state index in [1.807, 2.05) is 4.90 Å². The third-order valence-electron chi connectivity index (χ3n) is 6.09. The fourth-order valence-corrected chi connectivity index (χ4v) is 4.77. The van der Waals surface area contributed by atoms with Gasteiger partial charge < -0.3 is 20.0 Å². The number of aliphatic carboxylic acids is 2. The number of likely N-dealkylation sites (tertiary alicyclic amines) is 2. The summed E-state index contributed by atoms with van der Waals surface area (Å²) in [6.07, 6.45) is -8.03. The molecule has 2 aliphatic rings. The van der Waals surface area contributed by atoms with E-state index in [4.69, 9.17) is 19.8 Å². The number of piperidine rings is 1. The van der Waals surface area contributed by atoms with E-state index in [9.17, 15) is 35.5 Å². The number of carboxylic acids is 2. The van der Waals surface area contributed by atoms with Gasteiger partial charge in [-0.25, -0.2) is 14.0 Å². The molecule has 1 amide bonds. The van der Waals surface area contributed by atoms with Crippen LogP contribution in [0.15, 0.2) is 24.3 Å². The first kappa shape index (κ1) is 34.1. The summed E-state index contributed by atoms with van der Waals surface area (Å²) in [7, 11) is 4.25. The van der Waals surface area contributed by atoms with Gasteiger partial charge in [-0.3, -0.25) is 9.69 Å². The van der Waals surface area contributed by atoms with Crippen LogP contribution in [0, 0.1) is 11.7 Å². The number of hydrogen-bond donors (Lipinski definition) is 2. The first-order valence-electron chi connectivity index (χ1n) is 11.8. The van der Waals surface area contributed by atoms with Crippen LogP contribution in [-0.4, -0.2) is 107 Å². The minimum absolute atomic E-state index is 0.0369. The fourth-order valence-electron chi connectivity index (χ4n) is 4.77. The van der Waals surface area contributed by atoms with Gasteiger partial charge >= 0.3 is 24.3 Å². The van der Waals surface area contributed by atoms with Gasteiger partial charge in [0.25, 0.3) is 5.91 Å². The zero-order valence-corrected chi connectivity index (χ0v) is 21.8. The molecule has 0 aliphatic carbocycles. The number of benzene rings is 1. The standard InChI is InChI=1S/C20H30FN3O.2C2HF3O2/c1-14(2)24-18(13-22(3)4)11-16-12-23(9-8-19(16)24)20(25)15-6-5-7-17(21)10-15;2*3-2(4,5)1(6)7/h5-7,10,14,16,18-19H,8-9,11-13H2,1-4H3;2*(H,6,7)/t16-,18+,19+;;/m1../s1. The molecule has 0 aromatic heterocycles. The first-order chi connectivity index (χ1) is 17.7. The molecule has 1 aromatic carbocycles. The monoisotopic (exact) mass is 575 g/mol. The van der Waals surface area contributed by atoms with Crippen LogP contribution in [0.3, 0.4) is 0 Å². The molecule has 0 unspecified atom stereocenters. The van der Waals surface area contributed by atoms with Crippen molar-refractivity contribution in [3.8, 4) is 0 Å². The predicted molar refractivity (Wildman–Crippen MR) is 126 cm³/mol. The number of carbonyl (C=O) groups excluding carboxylic acids is 1. The first-order valence-corrected chi connectivity index (χ1v) is 11.8. The van der Waals surface area contributed by atoms with Gasteiger partial charge in [0, 0.05) is 43.3 Å². The lowest BCUT2D eigenvalue weighted by Gasteiger charge is -2.40. The van der Waals surface area contributed by atoms with Crippen LogP contribution in [0.4, 0.5) is 30.7 Å². The maximum absolute atomic E-state index is 13.4. The van der Waals surface area contributed by atoms with Crippen LogP contribution >= 0.6 is 0 Å². The number of fused-ring (bicyclic) bond motifs is 1. The van der Waals surface area contributed by atoms with Crippen molar-refractivity contribution < 1.29 is 55.3 Å². The lowest BCUT2D eigenvalue weighted by molar-refractivity contribution is -0.193. The van der Waals surface area contributed by atoms with Gasteiger partial charge in [-0.15, -0.1) is 0 Å². The van der Waals surface area contributed by atoms with E-state index >= 15 is 0 Å². The zero-order valence-electron chi connectivity index (χ0n) is 21.8. The Morgan fingerprint density at radius 3 is 1.95 bits per heavy atom. The smallest absolute Gasteiger partial charge is 0.475 e. The van der Waals surface area contributed by atoms with E-state index in [0.717, 1.165) is 32.5 Å². The molecular weight excluding hydrogens is 543 g/mol. The molecule has 0 saturated carbocycles. The summed E-state index contributed by atoms with van der Waals surface area (Å²) in [5.74, 6) is -5.39. The highest BCUT2D eigenvalue weighted by molar-refractivity contribution is 5.94. The lowest BCUT2D eigenvalue weighted by Crippen LogP contribution is -2.51. The van der Waals surface area contributed by atoms with Crippen LogP contribution in [0.5, 0.6) is 0 Å².